The number of ether oxygens (including phenoxy) is 1. The maximum Gasteiger partial charge on any atom is 0.125 e. The van der Waals surface area contributed by atoms with Gasteiger partial charge in [0.1, 0.15) is 5.82 Å². The first-order valence-electron chi connectivity index (χ1n) is 6.41. The molecule has 0 N–H and O–H groups in total. The van der Waals surface area contributed by atoms with Crippen LogP contribution in [-0.2, 0) is 16.2 Å². The summed E-state index contributed by atoms with van der Waals surface area (Å²) in [5, 5.41) is 0. The van der Waals surface area contributed by atoms with Crippen molar-refractivity contribution in [3.05, 3.63) is 27.6 Å². The van der Waals surface area contributed by atoms with Crippen LogP contribution in [0.3, 0.4) is 0 Å². The van der Waals surface area contributed by atoms with Gasteiger partial charge in [0.15, 0.2) is 0 Å². The van der Waals surface area contributed by atoms with Gasteiger partial charge in [-0.2, -0.15) is 0 Å². The molecule has 3 rings (SSSR count). The quantitative estimate of drug-likeness (QED) is 0.574. The molecule has 2 heterocycles. The number of hydrogen-bond acceptors (Lipinski definition) is 2. The first kappa shape index (κ1) is 13.6. The predicted octanol–water partition coefficient (Wildman–Crippen LogP) is 3.90. The monoisotopic (exact) mass is 390 g/mol. The van der Waals surface area contributed by atoms with Crippen molar-refractivity contribution >= 4 is 45.2 Å². The summed E-state index contributed by atoms with van der Waals surface area (Å²) >= 11 is 8.42. The van der Waals surface area contributed by atoms with Gasteiger partial charge in [0.2, 0.25) is 0 Å². The van der Waals surface area contributed by atoms with Crippen LogP contribution < -0.4 is 0 Å². The Morgan fingerprint density at radius 1 is 1.58 bits per heavy atom. The third-order valence-electron chi connectivity index (χ3n) is 4.17. The topological polar surface area (TPSA) is 27.1 Å². The lowest BCUT2D eigenvalue weighted by atomic mass is 9.93. The summed E-state index contributed by atoms with van der Waals surface area (Å²) in [5.74, 6) is 1.35. The Bertz CT molecular complexity index is 627. The Hall–Kier alpha value is -0.330. The average Bonchev–Trinajstić information content (AvgIpc) is 2.91. The van der Waals surface area contributed by atoms with Crippen LogP contribution in [0.4, 0.5) is 0 Å². The third-order valence-corrected chi connectivity index (χ3v) is 5.08. The number of alkyl halides is 1. The molecule has 102 valence electrons. The number of benzene rings is 1. The Balaban J connectivity index is 2.27. The van der Waals surface area contributed by atoms with Crippen LogP contribution in [-0.4, -0.2) is 22.3 Å². The maximum atomic E-state index is 6.11. The van der Waals surface area contributed by atoms with Gasteiger partial charge in [-0.1, -0.05) is 0 Å². The highest BCUT2D eigenvalue weighted by molar-refractivity contribution is 14.1. The Morgan fingerprint density at radius 3 is 3.00 bits per heavy atom. The van der Waals surface area contributed by atoms with Gasteiger partial charge in [-0.05, 0) is 61.1 Å². The molecule has 0 bridgehead atoms. The maximum absolute atomic E-state index is 6.11. The number of rotatable bonds is 2. The van der Waals surface area contributed by atoms with Crippen LogP contribution in [0.15, 0.2) is 18.2 Å². The molecular formula is C14H16ClIN2O. The van der Waals surface area contributed by atoms with E-state index in [0.717, 1.165) is 29.9 Å². The second kappa shape index (κ2) is 4.90. The van der Waals surface area contributed by atoms with E-state index in [9.17, 15) is 0 Å². The van der Waals surface area contributed by atoms with Crippen LogP contribution in [0.2, 0.25) is 0 Å². The minimum atomic E-state index is -0.0637. The van der Waals surface area contributed by atoms with Crippen molar-refractivity contribution in [1.29, 1.82) is 0 Å². The van der Waals surface area contributed by atoms with E-state index in [-0.39, 0.29) is 11.6 Å². The molecule has 0 amide bonds. The zero-order chi connectivity index (χ0) is 13.6. The summed E-state index contributed by atoms with van der Waals surface area (Å²) in [6, 6.07) is 6.35. The van der Waals surface area contributed by atoms with Crippen molar-refractivity contribution in [2.45, 2.75) is 37.8 Å². The molecule has 1 saturated heterocycles. The number of nitrogens with zero attached hydrogens (tertiary/aromatic N) is 2. The molecule has 0 radical (unpaired) electrons. The highest BCUT2D eigenvalue weighted by Crippen LogP contribution is 2.37. The Morgan fingerprint density at radius 2 is 2.37 bits per heavy atom. The van der Waals surface area contributed by atoms with Crippen molar-refractivity contribution < 1.29 is 4.74 Å². The van der Waals surface area contributed by atoms with Crippen LogP contribution in [0.25, 0.3) is 11.0 Å². The lowest BCUT2D eigenvalue weighted by Crippen LogP contribution is -2.37. The molecule has 2 atom stereocenters. The summed E-state index contributed by atoms with van der Waals surface area (Å²) in [7, 11) is 0. The van der Waals surface area contributed by atoms with Crippen LogP contribution in [0, 0.1) is 3.57 Å². The zero-order valence-corrected chi connectivity index (χ0v) is 13.9. The average molecular weight is 391 g/mol. The molecule has 1 aliphatic heterocycles. The zero-order valence-electron chi connectivity index (χ0n) is 11.0. The minimum absolute atomic E-state index is 0.0637. The highest BCUT2D eigenvalue weighted by atomic mass is 127. The number of aromatic nitrogens is 2. The standard InChI is InChI=1S/C14H16ClIN2O/c1-9-14(2,5-6-19-9)18-12-4-3-10(16)7-11(12)17-13(18)8-15/h3-4,7,9H,5-6,8H2,1-2H3. The van der Waals surface area contributed by atoms with E-state index in [1.165, 1.54) is 3.57 Å². The molecule has 2 unspecified atom stereocenters. The van der Waals surface area contributed by atoms with E-state index >= 15 is 0 Å². The first-order valence-corrected chi connectivity index (χ1v) is 8.02. The van der Waals surface area contributed by atoms with Gasteiger partial charge >= 0.3 is 0 Å². The number of halogens is 2. The lowest BCUT2D eigenvalue weighted by molar-refractivity contribution is 0.0766. The van der Waals surface area contributed by atoms with E-state index in [1.54, 1.807) is 0 Å². The molecular weight excluding hydrogens is 375 g/mol. The minimum Gasteiger partial charge on any atom is -0.376 e. The van der Waals surface area contributed by atoms with Crippen molar-refractivity contribution in [2.24, 2.45) is 0 Å². The van der Waals surface area contributed by atoms with Gasteiger partial charge < -0.3 is 9.30 Å². The number of imidazole rings is 1. The molecule has 1 aromatic heterocycles. The molecule has 3 nitrogen and oxygen atoms in total. The summed E-state index contributed by atoms with van der Waals surface area (Å²) in [6.07, 6.45) is 1.17. The Kier molecular flexibility index (Phi) is 3.52. The van der Waals surface area contributed by atoms with Gasteiger partial charge in [-0.25, -0.2) is 4.98 Å². The smallest absolute Gasteiger partial charge is 0.125 e. The van der Waals surface area contributed by atoms with E-state index in [0.29, 0.717) is 5.88 Å². The van der Waals surface area contributed by atoms with E-state index in [1.807, 2.05) is 0 Å². The summed E-state index contributed by atoms with van der Waals surface area (Å²) in [4.78, 5) is 4.69. The number of fused-ring (bicyclic) bond motifs is 1. The number of hydrogen-bond donors (Lipinski definition) is 0. The first-order chi connectivity index (χ1) is 9.06. The van der Waals surface area contributed by atoms with Crippen molar-refractivity contribution in [1.82, 2.24) is 9.55 Å². The van der Waals surface area contributed by atoms with Gasteiger partial charge in [0.05, 0.1) is 28.6 Å². The fourth-order valence-corrected chi connectivity index (χ4v) is 3.54. The second-order valence-corrected chi connectivity index (χ2v) is 6.76. The molecule has 2 aromatic rings. The van der Waals surface area contributed by atoms with Crippen molar-refractivity contribution in [2.75, 3.05) is 6.61 Å². The van der Waals surface area contributed by atoms with Gasteiger partial charge in [-0.15, -0.1) is 11.6 Å². The van der Waals surface area contributed by atoms with Gasteiger partial charge in [0.25, 0.3) is 0 Å². The van der Waals surface area contributed by atoms with Gasteiger partial charge in [-0.3, -0.25) is 0 Å². The summed E-state index contributed by atoms with van der Waals surface area (Å²) in [6.45, 7) is 5.16. The SMILES string of the molecule is CC1OCCC1(C)n1c(CCl)nc2cc(I)ccc21. The lowest BCUT2D eigenvalue weighted by Gasteiger charge is -2.31. The third kappa shape index (κ3) is 2.08. The van der Waals surface area contributed by atoms with Crippen LogP contribution in [0.5, 0.6) is 0 Å². The fraction of sp³-hybridized carbons (Fsp3) is 0.500. The fourth-order valence-electron chi connectivity index (χ4n) is 2.88. The molecule has 5 heteroatoms. The van der Waals surface area contributed by atoms with E-state index in [2.05, 4.69) is 64.2 Å². The highest BCUT2D eigenvalue weighted by Gasteiger charge is 2.40. The Labute approximate surface area is 131 Å². The second-order valence-electron chi connectivity index (χ2n) is 5.25. The van der Waals surface area contributed by atoms with Crippen molar-refractivity contribution in [3.8, 4) is 0 Å². The molecule has 1 aliphatic rings. The van der Waals surface area contributed by atoms with Gasteiger partial charge in [0, 0.05) is 10.2 Å². The van der Waals surface area contributed by atoms with E-state index < -0.39 is 0 Å². The molecule has 0 saturated carbocycles. The van der Waals surface area contributed by atoms with Crippen molar-refractivity contribution in [3.63, 3.8) is 0 Å². The summed E-state index contributed by atoms with van der Waals surface area (Å²) < 4.78 is 9.24. The molecule has 19 heavy (non-hydrogen) atoms. The molecule has 0 aliphatic carbocycles. The van der Waals surface area contributed by atoms with E-state index in [4.69, 9.17) is 16.3 Å². The largest absolute Gasteiger partial charge is 0.376 e. The molecule has 1 fully saturated rings. The predicted molar refractivity (Wildman–Crippen MR) is 85.7 cm³/mol. The van der Waals surface area contributed by atoms with Crippen LogP contribution >= 0.6 is 34.2 Å². The van der Waals surface area contributed by atoms with Crippen LogP contribution in [0.1, 0.15) is 26.1 Å². The summed E-state index contributed by atoms with van der Waals surface area (Å²) in [5.41, 5.74) is 2.10. The normalized spacial score (nSPS) is 27.3. The molecule has 0 spiro atoms. The molecule has 1 aromatic carbocycles.